The quantitative estimate of drug-likeness (QED) is 0.591. The number of hydrogen-bond acceptors (Lipinski definition) is 5. The second-order valence-corrected chi connectivity index (χ2v) is 7.36. The summed E-state index contributed by atoms with van der Waals surface area (Å²) in [6.07, 6.45) is 3.54. The number of hydrogen-bond donors (Lipinski definition) is 2. The summed E-state index contributed by atoms with van der Waals surface area (Å²) in [4.78, 5) is 24.2. The standard InChI is InChI=1S/C18H21N7O/c1-11-6-5-7-14-21-12(10-24(11)14)8-19-17-22-15-13(16(26)23-17)9-20-25(15)18(2,3)4/h5-7,9-10H,8H2,1-4H3,(H2,19,22,23,26). The van der Waals surface area contributed by atoms with Crippen LogP contribution in [0.25, 0.3) is 16.7 Å². The van der Waals surface area contributed by atoms with Crippen molar-refractivity contribution in [1.82, 2.24) is 29.1 Å². The van der Waals surface area contributed by atoms with Crippen LogP contribution < -0.4 is 10.9 Å². The normalized spacial score (nSPS) is 12.2. The van der Waals surface area contributed by atoms with Crippen molar-refractivity contribution in [1.29, 1.82) is 0 Å². The van der Waals surface area contributed by atoms with Gasteiger partial charge in [0, 0.05) is 11.9 Å². The lowest BCUT2D eigenvalue weighted by Gasteiger charge is -2.19. The Balaban J connectivity index is 1.66. The molecule has 0 spiro atoms. The van der Waals surface area contributed by atoms with Crippen molar-refractivity contribution in [2.75, 3.05) is 5.32 Å². The molecule has 0 aliphatic carbocycles. The molecule has 0 radical (unpaired) electrons. The molecule has 0 bridgehead atoms. The van der Waals surface area contributed by atoms with Crippen LogP contribution in [0, 0.1) is 6.92 Å². The minimum Gasteiger partial charge on any atom is -0.350 e. The first-order valence-corrected chi connectivity index (χ1v) is 8.49. The third-order valence-corrected chi connectivity index (χ3v) is 4.26. The number of nitrogens with one attached hydrogen (secondary N) is 2. The molecule has 0 saturated carbocycles. The number of aromatic nitrogens is 6. The number of anilines is 1. The first-order chi connectivity index (χ1) is 12.3. The van der Waals surface area contributed by atoms with Crippen LogP contribution in [0.1, 0.15) is 32.2 Å². The highest BCUT2D eigenvalue weighted by Gasteiger charge is 2.19. The first kappa shape index (κ1) is 16.3. The number of aryl methyl sites for hydroxylation is 1. The molecule has 0 saturated heterocycles. The molecule has 134 valence electrons. The van der Waals surface area contributed by atoms with E-state index in [-0.39, 0.29) is 11.1 Å². The van der Waals surface area contributed by atoms with Crippen LogP contribution in [0.4, 0.5) is 5.95 Å². The van der Waals surface area contributed by atoms with Gasteiger partial charge in [0.25, 0.3) is 5.56 Å². The minimum atomic E-state index is -0.265. The highest BCUT2D eigenvalue weighted by Crippen LogP contribution is 2.19. The Morgan fingerprint density at radius 3 is 2.77 bits per heavy atom. The van der Waals surface area contributed by atoms with Gasteiger partial charge in [0.05, 0.1) is 24.0 Å². The number of H-pyrrole nitrogens is 1. The fraction of sp³-hybridized carbons (Fsp3) is 0.333. The minimum absolute atomic E-state index is 0.209. The zero-order valence-electron chi connectivity index (χ0n) is 15.2. The third-order valence-electron chi connectivity index (χ3n) is 4.26. The Morgan fingerprint density at radius 2 is 2.04 bits per heavy atom. The van der Waals surface area contributed by atoms with E-state index < -0.39 is 0 Å². The van der Waals surface area contributed by atoms with Gasteiger partial charge in [0.15, 0.2) is 5.65 Å². The van der Waals surface area contributed by atoms with E-state index in [4.69, 9.17) is 0 Å². The maximum Gasteiger partial charge on any atom is 0.263 e. The molecule has 0 atom stereocenters. The fourth-order valence-electron chi connectivity index (χ4n) is 2.95. The van der Waals surface area contributed by atoms with E-state index >= 15 is 0 Å². The van der Waals surface area contributed by atoms with Crippen molar-refractivity contribution in [3.05, 3.63) is 52.3 Å². The predicted octanol–water partition coefficient (Wildman–Crippen LogP) is 2.44. The number of imidazole rings is 1. The largest absolute Gasteiger partial charge is 0.350 e. The van der Waals surface area contributed by atoms with Gasteiger partial charge in [-0.05, 0) is 39.8 Å². The topological polar surface area (TPSA) is 92.9 Å². The zero-order valence-corrected chi connectivity index (χ0v) is 15.2. The van der Waals surface area contributed by atoms with Crippen LogP contribution in [0.2, 0.25) is 0 Å². The molecule has 2 N–H and O–H groups in total. The maximum atomic E-state index is 12.3. The number of nitrogens with zero attached hydrogens (tertiary/aromatic N) is 5. The van der Waals surface area contributed by atoms with Crippen molar-refractivity contribution in [3.8, 4) is 0 Å². The van der Waals surface area contributed by atoms with Crippen LogP contribution in [0.5, 0.6) is 0 Å². The van der Waals surface area contributed by atoms with Gasteiger partial charge in [-0.3, -0.25) is 9.78 Å². The van der Waals surface area contributed by atoms with Gasteiger partial charge >= 0.3 is 0 Å². The van der Waals surface area contributed by atoms with Gasteiger partial charge in [-0.15, -0.1) is 0 Å². The molecule has 8 heteroatoms. The van der Waals surface area contributed by atoms with Crippen LogP contribution in [-0.2, 0) is 12.1 Å². The lowest BCUT2D eigenvalue weighted by atomic mass is 10.1. The zero-order chi connectivity index (χ0) is 18.5. The summed E-state index contributed by atoms with van der Waals surface area (Å²) in [7, 11) is 0. The van der Waals surface area contributed by atoms with Crippen LogP contribution in [0.3, 0.4) is 0 Å². The van der Waals surface area contributed by atoms with Gasteiger partial charge in [0.2, 0.25) is 5.95 Å². The summed E-state index contributed by atoms with van der Waals surface area (Å²) in [6.45, 7) is 8.56. The van der Waals surface area contributed by atoms with Crippen LogP contribution >= 0.6 is 0 Å². The monoisotopic (exact) mass is 351 g/mol. The van der Waals surface area contributed by atoms with E-state index in [2.05, 4.69) is 25.4 Å². The van der Waals surface area contributed by atoms with Gasteiger partial charge in [-0.25, -0.2) is 9.67 Å². The molecule has 0 aromatic carbocycles. The Hall–Kier alpha value is -3.16. The van der Waals surface area contributed by atoms with E-state index in [9.17, 15) is 4.79 Å². The predicted molar refractivity (Wildman–Crippen MR) is 100 cm³/mol. The van der Waals surface area contributed by atoms with Crippen LogP contribution in [-0.4, -0.2) is 29.1 Å². The smallest absolute Gasteiger partial charge is 0.263 e. The van der Waals surface area contributed by atoms with Crippen molar-refractivity contribution < 1.29 is 0 Å². The second kappa shape index (κ2) is 5.69. The van der Waals surface area contributed by atoms with E-state index in [0.29, 0.717) is 23.5 Å². The van der Waals surface area contributed by atoms with Crippen molar-refractivity contribution in [3.63, 3.8) is 0 Å². The maximum absolute atomic E-state index is 12.3. The summed E-state index contributed by atoms with van der Waals surface area (Å²) in [5.74, 6) is 0.405. The third kappa shape index (κ3) is 2.73. The molecule has 4 aromatic rings. The Kier molecular flexibility index (Phi) is 3.57. The Labute approximate surface area is 149 Å². The molecule has 0 aliphatic rings. The van der Waals surface area contributed by atoms with E-state index in [1.54, 1.807) is 10.9 Å². The summed E-state index contributed by atoms with van der Waals surface area (Å²) in [5.41, 5.74) is 2.96. The molecular weight excluding hydrogens is 330 g/mol. The molecule has 0 unspecified atom stereocenters. The molecule has 8 nitrogen and oxygen atoms in total. The van der Waals surface area contributed by atoms with Crippen molar-refractivity contribution in [2.24, 2.45) is 0 Å². The van der Waals surface area contributed by atoms with Crippen molar-refractivity contribution >= 4 is 22.6 Å². The molecule has 0 amide bonds. The van der Waals surface area contributed by atoms with E-state index in [0.717, 1.165) is 17.0 Å². The van der Waals surface area contributed by atoms with E-state index in [1.165, 1.54) is 0 Å². The fourth-order valence-corrected chi connectivity index (χ4v) is 2.95. The van der Waals surface area contributed by atoms with Crippen LogP contribution in [0.15, 0.2) is 35.4 Å². The SMILES string of the molecule is Cc1cccc2nc(CNc3nc4c(cnn4C(C)(C)C)c(=O)[nH]3)cn12. The lowest BCUT2D eigenvalue weighted by Crippen LogP contribution is -2.24. The molecule has 4 rings (SSSR count). The summed E-state index contributed by atoms with van der Waals surface area (Å²) < 4.78 is 3.79. The van der Waals surface area contributed by atoms with Gasteiger partial charge < -0.3 is 9.72 Å². The summed E-state index contributed by atoms with van der Waals surface area (Å²) in [5, 5.41) is 7.96. The van der Waals surface area contributed by atoms with Gasteiger partial charge in [0.1, 0.15) is 11.0 Å². The second-order valence-electron chi connectivity index (χ2n) is 7.36. The average molecular weight is 351 g/mol. The number of pyridine rings is 1. The highest BCUT2D eigenvalue weighted by atomic mass is 16.1. The number of fused-ring (bicyclic) bond motifs is 2. The molecule has 4 heterocycles. The first-order valence-electron chi connectivity index (χ1n) is 8.49. The molecular formula is C18H21N7O. The van der Waals surface area contributed by atoms with E-state index in [1.807, 2.05) is 56.5 Å². The summed E-state index contributed by atoms with van der Waals surface area (Å²) in [6, 6.07) is 5.98. The molecule has 0 fully saturated rings. The van der Waals surface area contributed by atoms with Crippen molar-refractivity contribution in [2.45, 2.75) is 39.8 Å². The van der Waals surface area contributed by atoms with Gasteiger partial charge in [-0.2, -0.15) is 10.1 Å². The molecule has 4 aromatic heterocycles. The Bertz CT molecular complexity index is 1160. The number of rotatable bonds is 3. The molecule has 0 aliphatic heterocycles. The number of aromatic amines is 1. The highest BCUT2D eigenvalue weighted by molar-refractivity contribution is 5.74. The lowest BCUT2D eigenvalue weighted by molar-refractivity contribution is 0.366. The Morgan fingerprint density at radius 1 is 1.23 bits per heavy atom. The van der Waals surface area contributed by atoms with Gasteiger partial charge in [-0.1, -0.05) is 6.07 Å². The summed E-state index contributed by atoms with van der Waals surface area (Å²) >= 11 is 0. The average Bonchev–Trinajstić information content (AvgIpc) is 3.17. The molecule has 26 heavy (non-hydrogen) atoms.